The molecule has 6 rings (SSSR count). The van der Waals surface area contributed by atoms with Crippen LogP contribution < -0.4 is 15.7 Å². The van der Waals surface area contributed by atoms with E-state index in [2.05, 4.69) is 10.5 Å². The molecule has 0 atom stereocenters. The van der Waals surface area contributed by atoms with Gasteiger partial charge in [-0.15, -0.1) is 11.3 Å². The normalized spacial score (nSPS) is 13.2. The molecule has 196 valence electrons. The second-order valence-electron chi connectivity index (χ2n) is 9.25. The molecule has 2 aromatic heterocycles. The molecule has 0 aliphatic heterocycles. The van der Waals surface area contributed by atoms with Crippen molar-refractivity contribution in [2.45, 2.75) is 30.8 Å². The number of para-hydroxylation sites is 1. The van der Waals surface area contributed by atoms with Gasteiger partial charge < -0.3 is 4.74 Å². The van der Waals surface area contributed by atoms with E-state index in [1.54, 1.807) is 29.2 Å². The molecule has 0 saturated heterocycles. The molecular weight excluding hydrogens is 528 g/mol. The van der Waals surface area contributed by atoms with Gasteiger partial charge in [0, 0.05) is 10.4 Å². The summed E-state index contributed by atoms with van der Waals surface area (Å²) in [4.78, 5) is 33.5. The monoisotopic (exact) mass is 554 g/mol. The first-order valence-electron chi connectivity index (χ1n) is 12.8. The maximum absolute atomic E-state index is 13.8. The van der Waals surface area contributed by atoms with Crippen molar-refractivity contribution < 1.29 is 9.53 Å². The molecule has 9 heteroatoms. The smallest absolute Gasteiger partial charge is 0.267 e. The molecule has 0 unspecified atom stereocenters. The molecule has 0 spiro atoms. The molecule has 1 N–H and O–H groups in total. The molecule has 0 saturated carbocycles. The average molecular weight is 555 g/mol. The molecule has 0 fully saturated rings. The van der Waals surface area contributed by atoms with Crippen LogP contribution in [-0.2, 0) is 17.6 Å². The van der Waals surface area contributed by atoms with E-state index >= 15 is 0 Å². The zero-order valence-electron chi connectivity index (χ0n) is 21.3. The van der Waals surface area contributed by atoms with E-state index in [1.807, 2.05) is 66.7 Å². The number of thiophene rings is 1. The first-order chi connectivity index (χ1) is 19.1. The predicted octanol–water partition coefficient (Wildman–Crippen LogP) is 5.73. The van der Waals surface area contributed by atoms with E-state index < -0.39 is 0 Å². The van der Waals surface area contributed by atoms with Gasteiger partial charge in [-0.05, 0) is 60.2 Å². The predicted molar refractivity (Wildman–Crippen MR) is 159 cm³/mol. The zero-order chi connectivity index (χ0) is 26.8. The number of thioether (sulfide) groups is 1. The van der Waals surface area contributed by atoms with Crippen LogP contribution in [0.2, 0.25) is 0 Å². The minimum atomic E-state index is -0.296. The zero-order valence-corrected chi connectivity index (χ0v) is 23.0. The van der Waals surface area contributed by atoms with Crippen LogP contribution in [0.15, 0.2) is 81.8 Å². The summed E-state index contributed by atoms with van der Waals surface area (Å²) in [6.07, 6.45) is 5.73. The van der Waals surface area contributed by atoms with Gasteiger partial charge in [0.05, 0.1) is 30.2 Å². The van der Waals surface area contributed by atoms with Gasteiger partial charge in [-0.2, -0.15) is 5.10 Å². The second kappa shape index (κ2) is 11.0. The number of benzene rings is 3. The Morgan fingerprint density at radius 1 is 1.10 bits per heavy atom. The first-order valence-corrected chi connectivity index (χ1v) is 14.6. The minimum absolute atomic E-state index is 0.0554. The fourth-order valence-electron chi connectivity index (χ4n) is 5.01. The van der Waals surface area contributed by atoms with Crippen molar-refractivity contribution >= 4 is 56.2 Å². The maximum Gasteiger partial charge on any atom is 0.267 e. The van der Waals surface area contributed by atoms with Crippen LogP contribution in [-0.4, -0.2) is 34.5 Å². The number of carbonyl (C=O) groups excluding carboxylic acids is 1. The molecule has 5 aromatic rings. The third kappa shape index (κ3) is 4.95. The van der Waals surface area contributed by atoms with Crippen molar-refractivity contribution in [2.24, 2.45) is 5.10 Å². The van der Waals surface area contributed by atoms with Crippen LogP contribution in [0.4, 0.5) is 0 Å². The average Bonchev–Trinajstić information content (AvgIpc) is 3.35. The number of rotatable bonds is 7. The number of amides is 1. The van der Waals surface area contributed by atoms with E-state index in [9.17, 15) is 9.59 Å². The number of fused-ring (bicyclic) bond motifs is 4. The largest absolute Gasteiger partial charge is 0.496 e. The summed E-state index contributed by atoms with van der Waals surface area (Å²) in [5, 5.41) is 7.45. The topological polar surface area (TPSA) is 85.6 Å². The Balaban J connectivity index is 1.26. The van der Waals surface area contributed by atoms with Crippen LogP contribution in [0.25, 0.3) is 26.7 Å². The third-order valence-electron chi connectivity index (χ3n) is 6.84. The van der Waals surface area contributed by atoms with Crippen molar-refractivity contribution in [1.29, 1.82) is 0 Å². The molecular formula is C30H26N4O3S2. The fraction of sp³-hybridized carbons (Fsp3) is 0.200. The molecule has 1 aliphatic rings. The van der Waals surface area contributed by atoms with Crippen LogP contribution in [0.3, 0.4) is 0 Å². The van der Waals surface area contributed by atoms with Crippen LogP contribution in [0.5, 0.6) is 5.75 Å². The number of nitrogens with one attached hydrogen (secondary N) is 1. The number of hydrogen-bond acceptors (Lipinski definition) is 7. The van der Waals surface area contributed by atoms with Crippen LogP contribution >= 0.6 is 23.1 Å². The number of nitrogens with zero attached hydrogens (tertiary/aromatic N) is 3. The number of ether oxygens (including phenoxy) is 1. The van der Waals surface area contributed by atoms with E-state index in [-0.39, 0.29) is 17.2 Å². The van der Waals surface area contributed by atoms with Gasteiger partial charge in [0.1, 0.15) is 10.6 Å². The standard InChI is InChI=1S/C30H26N4O3S2/c1-37-24-16-15-19-9-5-6-12-21(19)23(24)17-31-33-26(35)18-38-30-32-28-27(22-13-7-8-14-25(22)39-28)29(36)34(30)20-10-3-2-4-11-20/h2-6,9-12,15-17H,7-8,13-14,18H2,1H3,(H,33,35)/b31-17-. The van der Waals surface area contributed by atoms with E-state index in [0.29, 0.717) is 10.9 Å². The molecule has 0 bridgehead atoms. The number of methoxy groups -OCH3 is 1. The molecule has 0 radical (unpaired) electrons. The maximum atomic E-state index is 13.8. The summed E-state index contributed by atoms with van der Waals surface area (Å²) in [6.45, 7) is 0. The molecule has 1 aliphatic carbocycles. The Hall–Kier alpha value is -3.95. The SMILES string of the molecule is COc1ccc2ccccc2c1/C=N\NC(=O)CSc1nc2sc3c(c2c(=O)n1-c1ccccc1)CCCC3. The summed E-state index contributed by atoms with van der Waals surface area (Å²) in [6, 6.07) is 21.3. The molecule has 2 heterocycles. The fourth-order valence-corrected chi connectivity index (χ4v) is 7.11. The number of carbonyl (C=O) groups is 1. The lowest BCUT2D eigenvalue weighted by Crippen LogP contribution is -2.24. The highest BCUT2D eigenvalue weighted by Gasteiger charge is 2.23. The van der Waals surface area contributed by atoms with E-state index in [1.165, 1.54) is 16.6 Å². The van der Waals surface area contributed by atoms with Gasteiger partial charge in [0.15, 0.2) is 5.16 Å². The summed E-state index contributed by atoms with van der Waals surface area (Å²) in [7, 11) is 1.61. The highest BCUT2D eigenvalue weighted by atomic mass is 32.2. The lowest BCUT2D eigenvalue weighted by Gasteiger charge is -2.13. The number of aryl methyl sites for hydroxylation is 2. The molecule has 39 heavy (non-hydrogen) atoms. The van der Waals surface area contributed by atoms with Crippen LogP contribution in [0, 0.1) is 0 Å². The number of hydrazone groups is 1. The Morgan fingerprint density at radius 2 is 1.90 bits per heavy atom. The lowest BCUT2D eigenvalue weighted by atomic mass is 9.97. The van der Waals surface area contributed by atoms with Gasteiger partial charge in [0.25, 0.3) is 11.5 Å². The summed E-state index contributed by atoms with van der Waals surface area (Å²) >= 11 is 2.84. The number of aromatic nitrogens is 2. The Morgan fingerprint density at radius 3 is 2.74 bits per heavy atom. The highest BCUT2D eigenvalue weighted by molar-refractivity contribution is 7.99. The molecule has 7 nitrogen and oxygen atoms in total. The van der Waals surface area contributed by atoms with Crippen molar-refractivity contribution in [3.63, 3.8) is 0 Å². The van der Waals surface area contributed by atoms with Gasteiger partial charge in [-0.3, -0.25) is 14.2 Å². The summed E-state index contributed by atoms with van der Waals surface area (Å²) < 4.78 is 7.13. The summed E-state index contributed by atoms with van der Waals surface area (Å²) in [5.41, 5.74) is 5.20. The first kappa shape index (κ1) is 25.3. The minimum Gasteiger partial charge on any atom is -0.496 e. The third-order valence-corrected chi connectivity index (χ3v) is 8.96. The Labute approximate surface area is 233 Å². The molecule has 3 aromatic carbocycles. The van der Waals surface area contributed by atoms with Gasteiger partial charge in [-0.25, -0.2) is 10.4 Å². The van der Waals surface area contributed by atoms with Gasteiger partial charge >= 0.3 is 0 Å². The number of hydrogen-bond donors (Lipinski definition) is 1. The van der Waals surface area contributed by atoms with Gasteiger partial charge in [0.2, 0.25) is 0 Å². The van der Waals surface area contributed by atoms with Crippen molar-refractivity contribution in [3.8, 4) is 11.4 Å². The molecule has 1 amide bonds. The van der Waals surface area contributed by atoms with E-state index in [4.69, 9.17) is 9.72 Å². The van der Waals surface area contributed by atoms with E-state index in [0.717, 1.165) is 63.5 Å². The van der Waals surface area contributed by atoms with Gasteiger partial charge in [-0.1, -0.05) is 60.3 Å². The second-order valence-corrected chi connectivity index (χ2v) is 11.3. The Bertz CT molecular complexity index is 1780. The van der Waals surface area contributed by atoms with Crippen molar-refractivity contribution in [1.82, 2.24) is 15.0 Å². The lowest BCUT2D eigenvalue weighted by molar-refractivity contribution is -0.118. The van der Waals surface area contributed by atoms with Crippen molar-refractivity contribution in [2.75, 3.05) is 12.9 Å². The highest BCUT2D eigenvalue weighted by Crippen LogP contribution is 2.35. The Kier molecular flexibility index (Phi) is 7.17. The summed E-state index contributed by atoms with van der Waals surface area (Å²) in [5.74, 6) is 0.429. The quantitative estimate of drug-likeness (QED) is 0.120. The van der Waals surface area contributed by atoms with Crippen LogP contribution in [0.1, 0.15) is 28.8 Å². The van der Waals surface area contributed by atoms with Crippen molar-refractivity contribution in [3.05, 3.63) is 93.1 Å².